The molecule has 0 bridgehead atoms. The van der Waals surface area contributed by atoms with Gasteiger partial charge in [-0.1, -0.05) is 12.1 Å². The van der Waals surface area contributed by atoms with Crippen LogP contribution in [0, 0.1) is 0 Å². The number of nitrogens with one attached hydrogen (secondary N) is 1. The fourth-order valence-corrected chi connectivity index (χ4v) is 3.15. The number of piperazine rings is 1. The van der Waals surface area contributed by atoms with E-state index in [2.05, 4.69) is 41.5 Å². The summed E-state index contributed by atoms with van der Waals surface area (Å²) in [6.45, 7) is 3.25. The summed E-state index contributed by atoms with van der Waals surface area (Å²) in [6, 6.07) is 9.21. The van der Waals surface area contributed by atoms with Crippen LogP contribution in [0.5, 0.6) is 5.75 Å². The van der Waals surface area contributed by atoms with Crippen molar-refractivity contribution in [1.29, 1.82) is 0 Å². The molecule has 1 N–H and O–H groups in total. The first-order chi connectivity index (χ1) is 9.33. The number of likely N-dealkylation sites (N-methyl/N-ethyl adjacent to an activating group) is 1. The molecule has 19 heavy (non-hydrogen) atoms. The monoisotopic (exact) mass is 260 g/mol. The van der Waals surface area contributed by atoms with Crippen LogP contribution in [-0.2, 0) is 0 Å². The van der Waals surface area contributed by atoms with Crippen LogP contribution >= 0.6 is 0 Å². The highest BCUT2D eigenvalue weighted by Crippen LogP contribution is 2.26. The molecule has 104 valence electrons. The summed E-state index contributed by atoms with van der Waals surface area (Å²) in [5, 5.41) is 3.46. The topological polar surface area (TPSA) is 24.5 Å². The molecule has 1 aliphatic heterocycles. The molecule has 1 saturated carbocycles. The molecule has 1 aliphatic carbocycles. The molecule has 0 radical (unpaired) electrons. The molecule has 2 aliphatic rings. The lowest BCUT2D eigenvalue weighted by Gasteiger charge is -2.33. The van der Waals surface area contributed by atoms with Gasteiger partial charge in [-0.05, 0) is 50.4 Å². The highest BCUT2D eigenvalue weighted by atomic mass is 16.5. The molecule has 1 aromatic rings. The molecule has 3 nitrogen and oxygen atoms in total. The average molecular weight is 260 g/mol. The van der Waals surface area contributed by atoms with Gasteiger partial charge in [0.05, 0.1) is 6.10 Å². The van der Waals surface area contributed by atoms with Crippen molar-refractivity contribution < 1.29 is 4.74 Å². The van der Waals surface area contributed by atoms with Crippen molar-refractivity contribution in [1.82, 2.24) is 10.2 Å². The maximum Gasteiger partial charge on any atom is 0.119 e. The zero-order valence-corrected chi connectivity index (χ0v) is 11.8. The molecule has 1 atom stereocenters. The Kier molecular flexibility index (Phi) is 4.04. The summed E-state index contributed by atoms with van der Waals surface area (Å²) in [7, 11) is 2.20. The predicted octanol–water partition coefficient (Wildman–Crippen LogP) is 2.58. The second-order valence-electron chi connectivity index (χ2n) is 5.79. The third-order valence-corrected chi connectivity index (χ3v) is 4.38. The van der Waals surface area contributed by atoms with Crippen LogP contribution in [0.2, 0.25) is 0 Å². The molecule has 3 rings (SSSR count). The van der Waals surface area contributed by atoms with E-state index in [9.17, 15) is 0 Å². The quantitative estimate of drug-likeness (QED) is 0.904. The third kappa shape index (κ3) is 3.10. The van der Waals surface area contributed by atoms with Gasteiger partial charge in [0.25, 0.3) is 0 Å². The van der Waals surface area contributed by atoms with E-state index in [1.165, 1.54) is 31.2 Å². The second kappa shape index (κ2) is 5.93. The standard InChI is InChI=1S/C16H24N2O/c1-18-11-10-17-12-16(18)13-6-8-15(9-7-13)19-14-4-2-3-5-14/h6-9,14,16-17H,2-5,10-12H2,1H3. The molecule has 1 heterocycles. The van der Waals surface area contributed by atoms with Crippen molar-refractivity contribution >= 4 is 0 Å². The van der Waals surface area contributed by atoms with E-state index in [4.69, 9.17) is 4.74 Å². The third-order valence-electron chi connectivity index (χ3n) is 4.38. The van der Waals surface area contributed by atoms with Gasteiger partial charge in [0.2, 0.25) is 0 Å². The van der Waals surface area contributed by atoms with Gasteiger partial charge in [-0.25, -0.2) is 0 Å². The van der Waals surface area contributed by atoms with Gasteiger partial charge in [-0.15, -0.1) is 0 Å². The van der Waals surface area contributed by atoms with E-state index in [1.807, 2.05) is 0 Å². The van der Waals surface area contributed by atoms with Crippen LogP contribution in [-0.4, -0.2) is 37.7 Å². The molecule has 2 fully saturated rings. The van der Waals surface area contributed by atoms with E-state index in [-0.39, 0.29) is 0 Å². The number of nitrogens with zero attached hydrogens (tertiary/aromatic N) is 1. The first kappa shape index (κ1) is 12.9. The lowest BCUT2D eigenvalue weighted by molar-refractivity contribution is 0.200. The minimum Gasteiger partial charge on any atom is -0.490 e. The summed E-state index contributed by atoms with van der Waals surface area (Å²) in [6.07, 6.45) is 5.53. The van der Waals surface area contributed by atoms with Crippen molar-refractivity contribution in [2.24, 2.45) is 0 Å². The Morgan fingerprint density at radius 3 is 2.58 bits per heavy atom. The number of hydrogen-bond donors (Lipinski definition) is 1. The number of rotatable bonds is 3. The van der Waals surface area contributed by atoms with Crippen molar-refractivity contribution in [3.05, 3.63) is 29.8 Å². The number of hydrogen-bond acceptors (Lipinski definition) is 3. The Labute approximate surface area is 115 Å². The zero-order valence-electron chi connectivity index (χ0n) is 11.8. The van der Waals surface area contributed by atoms with E-state index in [0.717, 1.165) is 25.4 Å². The van der Waals surface area contributed by atoms with Gasteiger partial charge in [-0.2, -0.15) is 0 Å². The first-order valence-electron chi connectivity index (χ1n) is 7.50. The van der Waals surface area contributed by atoms with E-state index >= 15 is 0 Å². The molecule has 1 unspecified atom stereocenters. The molecule has 0 amide bonds. The summed E-state index contributed by atoms with van der Waals surface area (Å²) in [5.74, 6) is 1.03. The first-order valence-corrected chi connectivity index (χ1v) is 7.50. The Morgan fingerprint density at radius 1 is 1.16 bits per heavy atom. The minimum atomic E-state index is 0.449. The maximum absolute atomic E-state index is 6.02. The molecular weight excluding hydrogens is 236 g/mol. The van der Waals surface area contributed by atoms with Crippen LogP contribution in [0.4, 0.5) is 0 Å². The normalized spacial score (nSPS) is 25.6. The zero-order chi connectivity index (χ0) is 13.1. The summed E-state index contributed by atoms with van der Waals surface area (Å²) in [4.78, 5) is 2.42. The molecule has 1 aromatic carbocycles. The second-order valence-corrected chi connectivity index (χ2v) is 5.79. The Bertz CT molecular complexity index is 398. The number of ether oxygens (including phenoxy) is 1. The summed E-state index contributed by atoms with van der Waals surface area (Å²) in [5.41, 5.74) is 1.38. The molecule has 1 saturated heterocycles. The fourth-order valence-electron chi connectivity index (χ4n) is 3.15. The SMILES string of the molecule is CN1CCNCC1c1ccc(OC2CCCC2)cc1. The van der Waals surface area contributed by atoms with Gasteiger partial charge in [-0.3, -0.25) is 4.90 Å². The van der Waals surface area contributed by atoms with Crippen molar-refractivity contribution in [3.63, 3.8) is 0 Å². The van der Waals surface area contributed by atoms with Crippen molar-refractivity contribution in [2.75, 3.05) is 26.7 Å². The van der Waals surface area contributed by atoms with Gasteiger partial charge < -0.3 is 10.1 Å². The highest BCUT2D eigenvalue weighted by molar-refractivity contribution is 5.30. The van der Waals surface area contributed by atoms with Gasteiger partial charge in [0.1, 0.15) is 5.75 Å². The number of benzene rings is 1. The predicted molar refractivity (Wildman–Crippen MR) is 77.6 cm³/mol. The Morgan fingerprint density at radius 2 is 1.89 bits per heavy atom. The van der Waals surface area contributed by atoms with Crippen LogP contribution < -0.4 is 10.1 Å². The summed E-state index contributed by atoms with van der Waals surface area (Å²) >= 11 is 0. The molecule has 0 aromatic heterocycles. The fraction of sp³-hybridized carbons (Fsp3) is 0.625. The largest absolute Gasteiger partial charge is 0.490 e. The Hall–Kier alpha value is -1.06. The average Bonchev–Trinajstić information content (AvgIpc) is 2.93. The van der Waals surface area contributed by atoms with Crippen LogP contribution in [0.25, 0.3) is 0 Å². The van der Waals surface area contributed by atoms with Crippen molar-refractivity contribution in [2.45, 2.75) is 37.8 Å². The highest BCUT2D eigenvalue weighted by Gasteiger charge is 2.20. The van der Waals surface area contributed by atoms with Crippen LogP contribution in [0.15, 0.2) is 24.3 Å². The lowest BCUT2D eigenvalue weighted by atomic mass is 10.0. The molecule has 0 spiro atoms. The van der Waals surface area contributed by atoms with Crippen molar-refractivity contribution in [3.8, 4) is 5.75 Å². The smallest absolute Gasteiger partial charge is 0.119 e. The lowest BCUT2D eigenvalue weighted by Crippen LogP contribution is -2.43. The Balaban J connectivity index is 1.64. The maximum atomic E-state index is 6.02. The van der Waals surface area contributed by atoms with E-state index < -0.39 is 0 Å². The van der Waals surface area contributed by atoms with Gasteiger partial charge in [0, 0.05) is 25.7 Å². The van der Waals surface area contributed by atoms with E-state index in [1.54, 1.807) is 0 Å². The molecule has 3 heteroatoms. The van der Waals surface area contributed by atoms with Gasteiger partial charge in [0.15, 0.2) is 0 Å². The minimum absolute atomic E-state index is 0.449. The van der Waals surface area contributed by atoms with E-state index in [0.29, 0.717) is 12.1 Å². The molecular formula is C16H24N2O. The van der Waals surface area contributed by atoms with Crippen LogP contribution in [0.1, 0.15) is 37.3 Å². The van der Waals surface area contributed by atoms with Crippen LogP contribution in [0.3, 0.4) is 0 Å². The van der Waals surface area contributed by atoms with Gasteiger partial charge >= 0.3 is 0 Å². The summed E-state index contributed by atoms with van der Waals surface area (Å²) < 4.78 is 6.02.